The van der Waals surface area contributed by atoms with Crippen LogP contribution in [0.5, 0.6) is 69.0 Å². The fraction of sp³-hybridized carbons (Fsp3) is 0.333. The molecule has 0 unspecified atom stereocenters. The number of rotatable bonds is 32. The molecule has 1 N–H and O–H groups in total. The zero-order chi connectivity index (χ0) is 86.9. The third-order valence-corrected chi connectivity index (χ3v) is 21.4. The van der Waals surface area contributed by atoms with Gasteiger partial charge in [-0.1, -0.05) is 186 Å². The zero-order valence-electron chi connectivity index (χ0n) is 75.5. The van der Waals surface area contributed by atoms with Crippen molar-refractivity contribution in [3.05, 3.63) is 353 Å². The standard InChI is InChI=1S/3C19H24O2.C18H22O2.C17H20O.C16H18O3/c1-5-21-18-11-8-16(13-19(18)20-4)7-10-17-9-6-14(2)12-15(17)3;1-5-21-19-13-16(9-11-18(19)20-4)8-10-17-12-14(2)6-7-15(17)3;1-5-21-19-13-17(10-11-18(19)20-4)9-8-16-7-6-14(2)15(3)12-16;1-13-8-9-14(2)16(12-13)11-10-15-6-5-7-17(19-3)18(15)20-4;1-13-8-11-17(18-3)16(12-13)10-9-15-7-5-4-6-14(15)2;1-18-15-10-8-12(11-16(15)19-2)7-9-13-5-3-4-6-14(13)17/h6,8-9,11-13H,5,7,10H2,1-4H3;6-7,9,11-13H,5,8,10H2,1-4H3;6-7,10-13H,5,8-9H2,1-4H3;5-9,12H,10-11H2,1-4H3;4-8,11-12H,9-10H2,1-3H3;3-6,8,10-11,17H,7,9H2,1-2H3. The summed E-state index contributed by atoms with van der Waals surface area (Å²) < 4.78 is 59.6. The number of benzene rings is 12. The topological polar surface area (TPSA) is 122 Å². The molecule has 0 fully saturated rings. The predicted molar refractivity (Wildman–Crippen MR) is 497 cm³/mol. The molecule has 0 saturated heterocycles. The lowest BCUT2D eigenvalue weighted by Gasteiger charge is -2.13. The second-order valence-corrected chi connectivity index (χ2v) is 30.2. The largest absolute Gasteiger partial charge is 0.508 e. The normalized spacial score (nSPS) is 10.4. The van der Waals surface area contributed by atoms with Crippen LogP contribution < -0.4 is 52.1 Å². The van der Waals surface area contributed by atoms with E-state index in [2.05, 4.69) is 227 Å². The summed E-state index contributed by atoms with van der Waals surface area (Å²) in [6, 6.07) is 79.5. The summed E-state index contributed by atoms with van der Waals surface area (Å²) in [4.78, 5) is 0. The first-order chi connectivity index (χ1) is 58.0. The van der Waals surface area contributed by atoms with E-state index in [1.165, 1.54) is 111 Å². The van der Waals surface area contributed by atoms with E-state index in [9.17, 15) is 5.11 Å². The van der Waals surface area contributed by atoms with Crippen molar-refractivity contribution in [2.24, 2.45) is 0 Å². The van der Waals surface area contributed by atoms with Gasteiger partial charge in [0.1, 0.15) is 11.5 Å². The highest BCUT2D eigenvalue weighted by Crippen LogP contribution is 2.35. The molecule has 0 aliphatic rings. The van der Waals surface area contributed by atoms with Gasteiger partial charge in [-0.05, 0) is 334 Å². The van der Waals surface area contributed by atoms with Gasteiger partial charge in [-0.3, -0.25) is 0 Å². The molecule has 12 rings (SSSR count). The Morgan fingerprint density at radius 3 is 1.02 bits per heavy atom. The van der Waals surface area contributed by atoms with Gasteiger partial charge in [-0.15, -0.1) is 0 Å². The highest BCUT2D eigenvalue weighted by atomic mass is 16.5. The molecule has 12 aromatic carbocycles. The van der Waals surface area contributed by atoms with Crippen molar-refractivity contribution < 1.29 is 57.2 Å². The summed E-state index contributed by atoms with van der Waals surface area (Å²) in [5.41, 5.74) is 28.8. The average Bonchev–Trinajstić information content (AvgIpc) is 0.856. The van der Waals surface area contributed by atoms with Crippen LogP contribution in [0, 0.1) is 69.2 Å². The van der Waals surface area contributed by atoms with Gasteiger partial charge in [0.05, 0.1) is 76.7 Å². The van der Waals surface area contributed by atoms with Gasteiger partial charge in [0.2, 0.25) is 0 Å². The van der Waals surface area contributed by atoms with Crippen LogP contribution in [0.2, 0.25) is 0 Å². The van der Waals surface area contributed by atoms with Crippen molar-refractivity contribution >= 4 is 0 Å². The van der Waals surface area contributed by atoms with Crippen LogP contribution in [0.3, 0.4) is 0 Å². The number of hydrogen-bond acceptors (Lipinski definition) is 12. The van der Waals surface area contributed by atoms with Crippen molar-refractivity contribution in [1.29, 1.82) is 0 Å². The van der Waals surface area contributed by atoms with Crippen molar-refractivity contribution in [2.75, 3.05) is 76.7 Å². The van der Waals surface area contributed by atoms with Gasteiger partial charge in [0.25, 0.3) is 0 Å². The Labute approximate surface area is 718 Å². The molecule has 0 spiro atoms. The molecule has 0 heterocycles. The number of para-hydroxylation sites is 2. The summed E-state index contributed by atoms with van der Waals surface area (Å²) in [5, 5.41) is 9.73. The Morgan fingerprint density at radius 2 is 0.533 bits per heavy atom. The lowest BCUT2D eigenvalue weighted by molar-refractivity contribution is 0.310. The van der Waals surface area contributed by atoms with E-state index in [0.29, 0.717) is 25.6 Å². The molecule has 0 aliphatic carbocycles. The van der Waals surface area contributed by atoms with E-state index < -0.39 is 0 Å². The van der Waals surface area contributed by atoms with Crippen LogP contribution in [0.4, 0.5) is 0 Å². The molecular formula is C108H132O12. The van der Waals surface area contributed by atoms with E-state index in [4.69, 9.17) is 52.1 Å². The molecule has 120 heavy (non-hydrogen) atoms. The Balaban J connectivity index is 0.000000199. The molecule has 0 atom stereocenters. The second kappa shape index (κ2) is 50.9. The third-order valence-electron chi connectivity index (χ3n) is 21.4. The first-order valence-corrected chi connectivity index (χ1v) is 42.0. The minimum Gasteiger partial charge on any atom is -0.508 e. The molecule has 12 heteroatoms. The number of methoxy groups -OCH3 is 8. The number of aryl methyl sites for hydroxylation is 22. The minimum atomic E-state index is 0.350. The van der Waals surface area contributed by atoms with Gasteiger partial charge in [-0.25, -0.2) is 0 Å². The van der Waals surface area contributed by atoms with E-state index >= 15 is 0 Å². The Hall–Kier alpha value is -11.8. The molecule has 12 nitrogen and oxygen atoms in total. The lowest BCUT2D eigenvalue weighted by Crippen LogP contribution is -1.99. The van der Waals surface area contributed by atoms with Crippen LogP contribution in [-0.4, -0.2) is 81.8 Å². The summed E-state index contributed by atoms with van der Waals surface area (Å²) in [6.07, 6.45) is 11.8. The maximum absolute atomic E-state index is 9.73. The highest BCUT2D eigenvalue weighted by molar-refractivity contribution is 5.50. The first-order valence-electron chi connectivity index (χ1n) is 42.0. The first kappa shape index (κ1) is 95.4. The molecule has 636 valence electrons. The minimum absolute atomic E-state index is 0.350. The summed E-state index contributed by atoms with van der Waals surface area (Å²) in [7, 11) is 13.4. The van der Waals surface area contributed by atoms with Gasteiger partial charge < -0.3 is 57.2 Å². The zero-order valence-corrected chi connectivity index (χ0v) is 75.5. The lowest BCUT2D eigenvalue weighted by atomic mass is 9.98. The van der Waals surface area contributed by atoms with Gasteiger partial charge in [0.15, 0.2) is 57.5 Å². The van der Waals surface area contributed by atoms with Crippen LogP contribution >= 0.6 is 0 Å². The van der Waals surface area contributed by atoms with Crippen LogP contribution in [-0.2, 0) is 77.0 Å². The highest BCUT2D eigenvalue weighted by Gasteiger charge is 2.15. The fourth-order valence-corrected chi connectivity index (χ4v) is 14.2. The summed E-state index contributed by atoms with van der Waals surface area (Å²) in [5.74, 6) is 9.34. The smallest absolute Gasteiger partial charge is 0.163 e. The SMILES string of the molecule is CCOc1cc(CCc2cc(C)ccc2C)ccc1OC.CCOc1cc(CCc2ccc(C)c(C)c2)ccc1OC.CCOc1ccc(CCc2ccc(C)cc2C)cc1OC.COc1ccc(C)cc1CCc1ccccc1C.COc1ccc(CCc2ccccc2O)cc1OC.COc1cccc(CCc2cc(C)ccc2C)c1OC. The summed E-state index contributed by atoms with van der Waals surface area (Å²) >= 11 is 0. The molecule has 0 radical (unpaired) electrons. The number of hydrogen-bond donors (Lipinski definition) is 1. The molecule has 0 amide bonds. The van der Waals surface area contributed by atoms with Gasteiger partial charge in [-0.2, -0.15) is 0 Å². The monoisotopic (exact) mass is 1620 g/mol. The maximum atomic E-state index is 9.73. The van der Waals surface area contributed by atoms with E-state index in [-0.39, 0.29) is 0 Å². The Bertz CT molecular complexity index is 5110. The van der Waals surface area contributed by atoms with Gasteiger partial charge in [0, 0.05) is 0 Å². The molecular weight excluding hydrogens is 1490 g/mol. The molecule has 12 aromatic rings. The van der Waals surface area contributed by atoms with Crippen molar-refractivity contribution in [2.45, 2.75) is 167 Å². The van der Waals surface area contributed by atoms with Crippen LogP contribution in [0.25, 0.3) is 0 Å². The van der Waals surface area contributed by atoms with Crippen LogP contribution in [0.15, 0.2) is 231 Å². The van der Waals surface area contributed by atoms with Crippen molar-refractivity contribution in [3.63, 3.8) is 0 Å². The number of phenolic OH excluding ortho intramolecular Hbond substituents is 1. The number of ether oxygens (including phenoxy) is 11. The number of aromatic hydroxyl groups is 1. The third kappa shape index (κ3) is 30.6. The summed E-state index contributed by atoms with van der Waals surface area (Å²) in [6.45, 7) is 29.4. The van der Waals surface area contributed by atoms with Crippen molar-refractivity contribution in [3.8, 4) is 69.0 Å². The van der Waals surface area contributed by atoms with Crippen molar-refractivity contribution in [1.82, 2.24) is 0 Å². The fourth-order valence-electron chi connectivity index (χ4n) is 14.2. The quantitative estimate of drug-likeness (QED) is 0.0432. The Kier molecular flexibility index (Phi) is 40.4. The molecule has 0 bridgehead atoms. The average molecular weight is 1620 g/mol. The predicted octanol–water partition coefficient (Wildman–Crippen LogP) is 24.9. The van der Waals surface area contributed by atoms with Crippen LogP contribution in [0.1, 0.15) is 143 Å². The van der Waals surface area contributed by atoms with E-state index in [0.717, 1.165) is 151 Å². The maximum Gasteiger partial charge on any atom is 0.163 e. The van der Waals surface area contributed by atoms with E-state index in [1.54, 1.807) is 62.9 Å². The number of phenols is 1. The van der Waals surface area contributed by atoms with E-state index in [1.807, 2.05) is 87.5 Å². The van der Waals surface area contributed by atoms with Gasteiger partial charge >= 0.3 is 0 Å². The molecule has 0 saturated carbocycles. The molecule has 0 aliphatic heterocycles. The Morgan fingerprint density at radius 1 is 0.200 bits per heavy atom. The molecule has 0 aromatic heterocycles. The second-order valence-electron chi connectivity index (χ2n) is 30.2.